The van der Waals surface area contributed by atoms with Crippen LogP contribution in [0.15, 0.2) is 72.8 Å². The number of ether oxygens (including phenoxy) is 2. The van der Waals surface area contributed by atoms with Crippen molar-refractivity contribution in [3.63, 3.8) is 0 Å². The lowest BCUT2D eigenvalue weighted by atomic mass is 9.92. The van der Waals surface area contributed by atoms with Gasteiger partial charge in [-0.15, -0.1) is 0 Å². The third kappa shape index (κ3) is 3.62. The second kappa shape index (κ2) is 8.00. The Bertz CT molecular complexity index is 1240. The molecule has 3 aromatic carbocycles. The van der Waals surface area contributed by atoms with Gasteiger partial charge in [0.2, 0.25) is 0 Å². The number of methoxy groups -OCH3 is 1. The van der Waals surface area contributed by atoms with E-state index >= 15 is 0 Å². The molecule has 2 heterocycles. The summed E-state index contributed by atoms with van der Waals surface area (Å²) in [4.78, 5) is 18.5. The molecule has 0 radical (unpaired) electrons. The molecule has 5 nitrogen and oxygen atoms in total. The molecule has 5 rings (SSSR count). The van der Waals surface area contributed by atoms with Gasteiger partial charge in [-0.1, -0.05) is 41.9 Å². The highest BCUT2D eigenvalue weighted by atomic mass is 35.5. The average Bonchev–Trinajstić information content (AvgIpc) is 3.17. The predicted molar refractivity (Wildman–Crippen MR) is 121 cm³/mol. The summed E-state index contributed by atoms with van der Waals surface area (Å²) in [6.45, 7) is 0.537. The Kier molecular flexibility index (Phi) is 5.04. The molecule has 0 bridgehead atoms. The summed E-state index contributed by atoms with van der Waals surface area (Å²) in [6.07, 6.45) is 0.334. The molecular weight excluding hydrogens is 412 g/mol. The standard InChI is InChI=1S/C25H21ClN2O3/c1-30-18-10-7-16(8-11-18)24-23-20(21-15-17(26)9-12-22(21)27-23)13-14-28(24)25(29)31-19-5-3-2-4-6-19/h2-12,15,24,27H,13-14H2,1H3. The summed E-state index contributed by atoms with van der Waals surface area (Å²) in [5.41, 5.74) is 4.15. The molecule has 1 aliphatic rings. The highest BCUT2D eigenvalue weighted by Gasteiger charge is 2.35. The van der Waals surface area contributed by atoms with Crippen LogP contribution >= 0.6 is 11.6 Å². The lowest BCUT2D eigenvalue weighted by molar-refractivity contribution is 0.135. The van der Waals surface area contributed by atoms with E-state index in [-0.39, 0.29) is 12.1 Å². The van der Waals surface area contributed by atoms with Gasteiger partial charge in [0.1, 0.15) is 17.5 Å². The van der Waals surface area contributed by atoms with Crippen LogP contribution in [0.3, 0.4) is 0 Å². The number of nitrogens with one attached hydrogen (secondary N) is 1. The van der Waals surface area contributed by atoms with E-state index in [0.29, 0.717) is 23.7 Å². The van der Waals surface area contributed by atoms with Gasteiger partial charge in [0.15, 0.2) is 0 Å². The molecule has 0 saturated carbocycles. The van der Waals surface area contributed by atoms with E-state index in [9.17, 15) is 4.79 Å². The first-order valence-corrected chi connectivity index (χ1v) is 10.5. The minimum atomic E-state index is -0.380. The Balaban J connectivity index is 1.59. The van der Waals surface area contributed by atoms with Crippen LogP contribution in [0.2, 0.25) is 5.02 Å². The number of hydrogen-bond acceptors (Lipinski definition) is 3. The number of para-hydroxylation sites is 1. The van der Waals surface area contributed by atoms with E-state index in [2.05, 4.69) is 4.98 Å². The van der Waals surface area contributed by atoms with Crippen molar-refractivity contribution in [2.45, 2.75) is 12.5 Å². The van der Waals surface area contributed by atoms with Crippen LogP contribution in [0.5, 0.6) is 11.5 Å². The van der Waals surface area contributed by atoms with Gasteiger partial charge in [-0.25, -0.2) is 4.79 Å². The molecule has 0 spiro atoms. The zero-order valence-corrected chi connectivity index (χ0v) is 17.7. The molecule has 0 aliphatic carbocycles. The molecule has 1 N–H and O–H groups in total. The molecule has 156 valence electrons. The zero-order chi connectivity index (χ0) is 21.4. The molecular formula is C25H21ClN2O3. The van der Waals surface area contributed by atoms with Crippen molar-refractivity contribution in [1.82, 2.24) is 9.88 Å². The zero-order valence-electron chi connectivity index (χ0n) is 17.0. The monoisotopic (exact) mass is 432 g/mol. The summed E-state index contributed by atoms with van der Waals surface area (Å²) in [6, 6.07) is 22.4. The number of halogens is 1. The van der Waals surface area contributed by atoms with Gasteiger partial charge in [-0.05, 0) is 60.0 Å². The van der Waals surface area contributed by atoms with E-state index in [1.165, 1.54) is 5.56 Å². The average molecular weight is 433 g/mol. The lowest BCUT2D eigenvalue weighted by Gasteiger charge is -2.35. The summed E-state index contributed by atoms with van der Waals surface area (Å²) >= 11 is 6.26. The summed E-state index contributed by atoms with van der Waals surface area (Å²) in [5.74, 6) is 1.29. The van der Waals surface area contributed by atoms with Gasteiger partial charge in [0.05, 0.1) is 7.11 Å². The molecule has 31 heavy (non-hydrogen) atoms. The van der Waals surface area contributed by atoms with E-state index < -0.39 is 0 Å². The van der Waals surface area contributed by atoms with Gasteiger partial charge < -0.3 is 14.5 Å². The molecule has 1 aliphatic heterocycles. The predicted octanol–water partition coefficient (Wildman–Crippen LogP) is 5.98. The van der Waals surface area contributed by atoms with Crippen LogP contribution in [-0.4, -0.2) is 29.6 Å². The fourth-order valence-electron chi connectivity index (χ4n) is 4.24. The maximum atomic E-state index is 13.2. The number of carbonyl (C=O) groups excluding carboxylic acids is 1. The van der Waals surface area contributed by atoms with Crippen molar-refractivity contribution in [3.05, 3.63) is 94.6 Å². The number of fused-ring (bicyclic) bond motifs is 3. The minimum Gasteiger partial charge on any atom is -0.497 e. The van der Waals surface area contributed by atoms with Crippen molar-refractivity contribution in [2.24, 2.45) is 0 Å². The number of carbonyl (C=O) groups is 1. The highest BCUT2D eigenvalue weighted by molar-refractivity contribution is 6.31. The Morgan fingerprint density at radius 1 is 1.03 bits per heavy atom. The number of rotatable bonds is 3. The van der Waals surface area contributed by atoms with Gasteiger partial charge in [0.25, 0.3) is 0 Å². The number of aromatic nitrogens is 1. The van der Waals surface area contributed by atoms with Crippen LogP contribution in [0.1, 0.15) is 22.9 Å². The molecule has 1 amide bonds. The number of hydrogen-bond donors (Lipinski definition) is 1. The first kappa shape index (κ1) is 19.5. The summed E-state index contributed by atoms with van der Waals surface area (Å²) in [7, 11) is 1.64. The largest absolute Gasteiger partial charge is 0.497 e. The number of H-pyrrole nitrogens is 1. The van der Waals surface area contributed by atoms with Crippen molar-refractivity contribution in [2.75, 3.05) is 13.7 Å². The highest BCUT2D eigenvalue weighted by Crippen LogP contribution is 2.39. The second-order valence-electron chi connectivity index (χ2n) is 7.51. The Hall–Kier alpha value is -3.44. The van der Waals surface area contributed by atoms with Crippen molar-refractivity contribution in [3.8, 4) is 11.5 Å². The minimum absolute atomic E-state index is 0.308. The van der Waals surface area contributed by atoms with Crippen LogP contribution in [0.25, 0.3) is 10.9 Å². The molecule has 4 aromatic rings. The molecule has 1 atom stereocenters. The first-order valence-electron chi connectivity index (χ1n) is 10.1. The fraction of sp³-hybridized carbons (Fsp3) is 0.160. The molecule has 0 saturated heterocycles. The number of benzene rings is 3. The van der Waals surface area contributed by atoms with Gasteiger partial charge in [-0.2, -0.15) is 0 Å². The van der Waals surface area contributed by atoms with Crippen LogP contribution in [-0.2, 0) is 6.42 Å². The Morgan fingerprint density at radius 2 is 1.81 bits per heavy atom. The molecule has 6 heteroatoms. The topological polar surface area (TPSA) is 54.6 Å². The van der Waals surface area contributed by atoms with Crippen LogP contribution in [0.4, 0.5) is 4.79 Å². The van der Waals surface area contributed by atoms with E-state index in [0.717, 1.165) is 27.9 Å². The van der Waals surface area contributed by atoms with E-state index in [4.69, 9.17) is 21.1 Å². The number of aromatic amines is 1. The summed E-state index contributed by atoms with van der Waals surface area (Å²) < 4.78 is 11.0. The quantitative estimate of drug-likeness (QED) is 0.433. The maximum absolute atomic E-state index is 13.2. The van der Waals surface area contributed by atoms with Gasteiger partial charge >= 0.3 is 6.09 Å². The smallest absolute Gasteiger partial charge is 0.416 e. The lowest BCUT2D eigenvalue weighted by Crippen LogP contribution is -2.42. The van der Waals surface area contributed by atoms with Crippen molar-refractivity contribution in [1.29, 1.82) is 0 Å². The number of nitrogens with zero attached hydrogens (tertiary/aromatic N) is 1. The van der Waals surface area contributed by atoms with Crippen LogP contribution in [0, 0.1) is 0 Å². The Morgan fingerprint density at radius 3 is 2.55 bits per heavy atom. The molecule has 0 fully saturated rings. The normalized spacial score (nSPS) is 15.5. The van der Waals surface area contributed by atoms with Crippen LogP contribution < -0.4 is 9.47 Å². The number of amides is 1. The SMILES string of the molecule is COc1ccc(C2c3[nH]c4ccc(Cl)cc4c3CCN2C(=O)Oc2ccccc2)cc1. The van der Waals surface area contributed by atoms with Gasteiger partial charge in [-0.3, -0.25) is 4.90 Å². The summed E-state index contributed by atoms with van der Waals surface area (Å²) in [5, 5.41) is 1.79. The second-order valence-corrected chi connectivity index (χ2v) is 7.94. The first-order chi connectivity index (χ1) is 15.1. The fourth-order valence-corrected chi connectivity index (χ4v) is 4.41. The Labute approximate surface area is 185 Å². The third-order valence-electron chi connectivity index (χ3n) is 5.70. The van der Waals surface area contributed by atoms with Crippen molar-refractivity contribution < 1.29 is 14.3 Å². The van der Waals surface area contributed by atoms with E-state index in [1.54, 1.807) is 24.1 Å². The van der Waals surface area contributed by atoms with E-state index in [1.807, 2.05) is 60.7 Å². The van der Waals surface area contributed by atoms with Crippen molar-refractivity contribution >= 4 is 28.6 Å². The molecule has 1 unspecified atom stereocenters. The third-order valence-corrected chi connectivity index (χ3v) is 5.94. The van der Waals surface area contributed by atoms with Gasteiger partial charge in [0, 0.05) is 28.2 Å². The maximum Gasteiger partial charge on any atom is 0.416 e. The molecule has 1 aromatic heterocycles.